The molecule has 21 heavy (non-hydrogen) atoms. The molecule has 0 aliphatic heterocycles. The normalized spacial score (nSPS) is 12.5. The van der Waals surface area contributed by atoms with E-state index < -0.39 is 0 Å². The first-order valence-electron chi connectivity index (χ1n) is 6.79. The molecule has 6 nitrogen and oxygen atoms in total. The Hall–Kier alpha value is -2.63. The minimum absolute atomic E-state index is 0.145. The first kappa shape index (κ1) is 13.4. The summed E-state index contributed by atoms with van der Waals surface area (Å²) >= 11 is 0. The molecule has 1 atom stereocenters. The van der Waals surface area contributed by atoms with Gasteiger partial charge in [0, 0.05) is 19.8 Å². The van der Waals surface area contributed by atoms with Crippen molar-refractivity contribution in [1.29, 1.82) is 0 Å². The highest BCUT2D eigenvalue weighted by molar-refractivity contribution is 5.86. The molecule has 0 aliphatic carbocycles. The van der Waals surface area contributed by atoms with Crippen molar-refractivity contribution in [3.8, 4) is 0 Å². The maximum atomic E-state index is 5.87. The molecule has 108 valence electrons. The molecule has 0 spiro atoms. The van der Waals surface area contributed by atoms with Gasteiger partial charge in [0.15, 0.2) is 5.65 Å². The van der Waals surface area contributed by atoms with E-state index in [1.54, 1.807) is 17.2 Å². The predicted octanol–water partition coefficient (Wildman–Crippen LogP) is 2.14. The van der Waals surface area contributed by atoms with Crippen molar-refractivity contribution < 1.29 is 0 Å². The molecule has 0 radical (unpaired) electrons. The van der Waals surface area contributed by atoms with Crippen LogP contribution in [0.5, 0.6) is 0 Å². The predicted molar refractivity (Wildman–Crippen MR) is 84.0 cm³/mol. The monoisotopic (exact) mass is 282 g/mol. The van der Waals surface area contributed by atoms with Gasteiger partial charge in [-0.25, -0.2) is 9.97 Å². The molecule has 0 saturated heterocycles. The third-order valence-electron chi connectivity index (χ3n) is 3.82. The van der Waals surface area contributed by atoms with Crippen molar-refractivity contribution in [3.05, 3.63) is 42.4 Å². The molecule has 3 rings (SSSR count). The van der Waals surface area contributed by atoms with Crippen molar-refractivity contribution in [2.75, 3.05) is 17.7 Å². The Kier molecular flexibility index (Phi) is 3.21. The molecule has 0 amide bonds. The van der Waals surface area contributed by atoms with Crippen molar-refractivity contribution in [1.82, 2.24) is 19.7 Å². The second kappa shape index (κ2) is 5.05. The molecule has 1 aromatic carbocycles. The van der Waals surface area contributed by atoms with Crippen LogP contribution in [0.2, 0.25) is 0 Å². The fraction of sp³-hybridized carbons (Fsp3) is 0.267. The van der Waals surface area contributed by atoms with Crippen LogP contribution in [0.15, 0.2) is 36.8 Å². The number of nitrogens with zero attached hydrogens (tertiary/aromatic N) is 5. The third-order valence-corrected chi connectivity index (χ3v) is 3.82. The van der Waals surface area contributed by atoms with E-state index >= 15 is 0 Å². The Morgan fingerprint density at radius 1 is 1.29 bits per heavy atom. The van der Waals surface area contributed by atoms with E-state index in [1.807, 2.05) is 32.3 Å². The second-order valence-corrected chi connectivity index (χ2v) is 5.16. The topological polar surface area (TPSA) is 72.9 Å². The fourth-order valence-corrected chi connectivity index (χ4v) is 2.46. The summed E-state index contributed by atoms with van der Waals surface area (Å²) in [6, 6.07) is 8.06. The Bertz CT molecular complexity index is 779. The third kappa shape index (κ3) is 2.29. The standard InChI is InChI=1S/C15H18N6/c1-10(11-5-4-6-12(16)7-11)20(2)14-13-8-19-21(3)15(13)18-9-17-14/h4-10H,16H2,1-3H3. The van der Waals surface area contributed by atoms with Gasteiger partial charge in [-0.1, -0.05) is 12.1 Å². The highest BCUT2D eigenvalue weighted by Gasteiger charge is 2.17. The molecule has 2 aromatic heterocycles. The number of fused-ring (bicyclic) bond motifs is 1. The molecule has 2 heterocycles. The van der Waals surface area contributed by atoms with Gasteiger partial charge >= 0.3 is 0 Å². The fourth-order valence-electron chi connectivity index (χ4n) is 2.46. The smallest absolute Gasteiger partial charge is 0.163 e. The van der Waals surface area contributed by atoms with E-state index in [1.165, 1.54) is 0 Å². The van der Waals surface area contributed by atoms with Crippen molar-refractivity contribution >= 4 is 22.5 Å². The lowest BCUT2D eigenvalue weighted by molar-refractivity contribution is 0.730. The van der Waals surface area contributed by atoms with Crippen LogP contribution >= 0.6 is 0 Å². The largest absolute Gasteiger partial charge is 0.399 e. The highest BCUT2D eigenvalue weighted by atomic mass is 15.3. The van der Waals surface area contributed by atoms with E-state index in [4.69, 9.17) is 5.73 Å². The van der Waals surface area contributed by atoms with Crippen molar-refractivity contribution in [2.24, 2.45) is 7.05 Å². The first-order valence-corrected chi connectivity index (χ1v) is 6.79. The summed E-state index contributed by atoms with van der Waals surface area (Å²) in [5.74, 6) is 0.864. The molecule has 0 saturated carbocycles. The van der Waals surface area contributed by atoms with Crippen LogP contribution in [-0.2, 0) is 7.05 Å². The van der Waals surface area contributed by atoms with Crippen LogP contribution in [0.4, 0.5) is 11.5 Å². The zero-order chi connectivity index (χ0) is 15.0. The average molecular weight is 282 g/mol. The first-order chi connectivity index (χ1) is 10.1. The maximum absolute atomic E-state index is 5.87. The number of anilines is 2. The highest BCUT2D eigenvalue weighted by Crippen LogP contribution is 2.29. The summed E-state index contributed by atoms with van der Waals surface area (Å²) in [5, 5.41) is 5.20. The molecule has 3 aromatic rings. The van der Waals surface area contributed by atoms with Crippen molar-refractivity contribution in [3.63, 3.8) is 0 Å². The maximum Gasteiger partial charge on any atom is 0.163 e. The van der Waals surface area contributed by atoms with Gasteiger partial charge in [0.05, 0.1) is 17.6 Å². The average Bonchev–Trinajstić information content (AvgIpc) is 2.87. The summed E-state index contributed by atoms with van der Waals surface area (Å²) in [5.41, 5.74) is 8.61. The van der Waals surface area contributed by atoms with Gasteiger partial charge in [0.1, 0.15) is 12.1 Å². The zero-order valence-corrected chi connectivity index (χ0v) is 12.4. The van der Waals surface area contributed by atoms with Crippen LogP contribution in [0.25, 0.3) is 11.0 Å². The zero-order valence-electron chi connectivity index (χ0n) is 12.4. The summed E-state index contributed by atoms with van der Waals surface area (Å²) in [6.07, 6.45) is 3.37. The van der Waals surface area contributed by atoms with Gasteiger partial charge in [-0.15, -0.1) is 0 Å². The van der Waals surface area contributed by atoms with E-state index in [0.717, 1.165) is 28.1 Å². The quantitative estimate of drug-likeness (QED) is 0.745. The second-order valence-electron chi connectivity index (χ2n) is 5.16. The minimum atomic E-state index is 0.145. The molecule has 0 bridgehead atoms. The molecular formula is C15H18N6. The Morgan fingerprint density at radius 3 is 2.86 bits per heavy atom. The minimum Gasteiger partial charge on any atom is -0.399 e. The van der Waals surface area contributed by atoms with Gasteiger partial charge in [-0.2, -0.15) is 5.10 Å². The Labute approximate surface area is 123 Å². The molecule has 1 unspecified atom stereocenters. The van der Waals surface area contributed by atoms with Gasteiger partial charge in [-0.3, -0.25) is 4.68 Å². The SMILES string of the molecule is CC(c1cccc(N)c1)N(C)c1ncnc2c1cnn2C. The molecular weight excluding hydrogens is 264 g/mol. The van der Waals surface area contributed by atoms with E-state index in [-0.39, 0.29) is 6.04 Å². The molecule has 0 aliphatic rings. The summed E-state index contributed by atoms with van der Waals surface area (Å²) < 4.78 is 1.75. The lowest BCUT2D eigenvalue weighted by atomic mass is 10.1. The molecule has 2 N–H and O–H groups in total. The van der Waals surface area contributed by atoms with Gasteiger partial charge in [0.25, 0.3) is 0 Å². The van der Waals surface area contributed by atoms with Crippen LogP contribution in [-0.4, -0.2) is 26.8 Å². The number of hydrogen-bond donors (Lipinski definition) is 1. The summed E-state index contributed by atoms with van der Waals surface area (Å²) in [7, 11) is 3.89. The number of aromatic nitrogens is 4. The van der Waals surface area contributed by atoms with Crippen LogP contribution < -0.4 is 10.6 Å². The van der Waals surface area contributed by atoms with Gasteiger partial charge < -0.3 is 10.6 Å². The Morgan fingerprint density at radius 2 is 2.10 bits per heavy atom. The number of rotatable bonds is 3. The van der Waals surface area contributed by atoms with Gasteiger partial charge in [-0.05, 0) is 24.6 Å². The number of aryl methyl sites for hydroxylation is 1. The lowest BCUT2D eigenvalue weighted by Gasteiger charge is -2.26. The summed E-state index contributed by atoms with van der Waals surface area (Å²) in [6.45, 7) is 2.12. The van der Waals surface area contributed by atoms with Crippen LogP contribution in [0.3, 0.4) is 0 Å². The van der Waals surface area contributed by atoms with Gasteiger partial charge in [0.2, 0.25) is 0 Å². The lowest BCUT2D eigenvalue weighted by Crippen LogP contribution is -2.23. The van der Waals surface area contributed by atoms with Crippen molar-refractivity contribution in [2.45, 2.75) is 13.0 Å². The van der Waals surface area contributed by atoms with E-state index in [9.17, 15) is 0 Å². The molecule has 0 fully saturated rings. The van der Waals surface area contributed by atoms with E-state index in [2.05, 4.69) is 33.0 Å². The Balaban J connectivity index is 2.02. The number of hydrogen-bond acceptors (Lipinski definition) is 5. The summed E-state index contributed by atoms with van der Waals surface area (Å²) in [4.78, 5) is 10.8. The van der Waals surface area contributed by atoms with Crippen LogP contribution in [0, 0.1) is 0 Å². The number of nitrogens with two attached hydrogens (primary N) is 1. The number of benzene rings is 1. The molecule has 6 heteroatoms. The van der Waals surface area contributed by atoms with E-state index in [0.29, 0.717) is 0 Å². The number of nitrogen functional groups attached to an aromatic ring is 1. The van der Waals surface area contributed by atoms with Crippen LogP contribution in [0.1, 0.15) is 18.5 Å².